The molecule has 2 aromatic rings. The maximum atomic E-state index is 12.1. The second-order valence-corrected chi connectivity index (χ2v) is 5.47. The van der Waals surface area contributed by atoms with E-state index >= 15 is 0 Å². The summed E-state index contributed by atoms with van der Waals surface area (Å²) >= 11 is 0. The normalized spacial score (nSPS) is 10.9. The molecule has 0 unspecified atom stereocenters. The van der Waals surface area contributed by atoms with Crippen molar-refractivity contribution in [1.82, 2.24) is 0 Å². The van der Waals surface area contributed by atoms with Crippen LogP contribution < -0.4 is 0 Å². The summed E-state index contributed by atoms with van der Waals surface area (Å²) in [7, 11) is 0. The van der Waals surface area contributed by atoms with Crippen molar-refractivity contribution >= 4 is 23.4 Å². The van der Waals surface area contributed by atoms with Gasteiger partial charge in [-0.25, -0.2) is 0 Å². The Hall–Kier alpha value is -3.46. The fourth-order valence-electron chi connectivity index (χ4n) is 2.25. The van der Waals surface area contributed by atoms with E-state index in [0.717, 1.165) is 0 Å². The maximum absolute atomic E-state index is 12.1. The third-order valence-electron chi connectivity index (χ3n) is 3.67. The fraction of sp³-hybridized carbons (Fsp3) is 0.222. The Balaban J connectivity index is 2.13. The Morgan fingerprint density at radius 3 is 2.30 bits per heavy atom. The van der Waals surface area contributed by atoms with Gasteiger partial charge >= 0.3 is 0 Å². The molecule has 27 heavy (non-hydrogen) atoms. The Labute approximate surface area is 154 Å². The van der Waals surface area contributed by atoms with E-state index in [2.05, 4.69) is 4.99 Å². The van der Waals surface area contributed by atoms with Gasteiger partial charge in [0.15, 0.2) is 5.78 Å². The van der Waals surface area contributed by atoms with Gasteiger partial charge in [-0.3, -0.25) is 30.0 Å². The second-order valence-electron chi connectivity index (χ2n) is 5.47. The van der Waals surface area contributed by atoms with Crippen LogP contribution in [-0.4, -0.2) is 35.0 Å². The van der Waals surface area contributed by atoms with Crippen LogP contribution in [0.4, 0.5) is 11.4 Å². The van der Waals surface area contributed by atoms with Crippen LogP contribution in [0.2, 0.25) is 0 Å². The lowest BCUT2D eigenvalue weighted by atomic mass is 10.1. The SMILES string of the molecule is CCOCc1ccc([N+](=O)[O-])cc1C=NCC(=O)c1ccc([N+](=O)[O-])cc1. The number of ether oxygens (including phenoxy) is 1. The van der Waals surface area contributed by atoms with Crippen LogP contribution in [0.1, 0.15) is 28.4 Å². The van der Waals surface area contributed by atoms with Gasteiger partial charge in [-0.05, 0) is 30.7 Å². The standard InChI is InChI=1S/C18H17N3O6/c1-2-27-12-14-5-8-17(21(25)26)9-15(14)10-19-11-18(22)13-3-6-16(7-4-13)20(23)24/h3-10H,2,11-12H2,1H3. The summed E-state index contributed by atoms with van der Waals surface area (Å²) in [6.45, 7) is 2.41. The number of carbonyl (C=O) groups excluding carboxylic acids is 1. The molecule has 0 N–H and O–H groups in total. The van der Waals surface area contributed by atoms with Crippen LogP contribution in [0.5, 0.6) is 0 Å². The lowest BCUT2D eigenvalue weighted by Crippen LogP contribution is -2.05. The molecule has 0 aliphatic heterocycles. The topological polar surface area (TPSA) is 125 Å². The monoisotopic (exact) mass is 371 g/mol. The molecule has 0 amide bonds. The van der Waals surface area contributed by atoms with Gasteiger partial charge in [-0.1, -0.05) is 0 Å². The lowest BCUT2D eigenvalue weighted by molar-refractivity contribution is -0.385. The van der Waals surface area contributed by atoms with E-state index in [1.807, 2.05) is 6.92 Å². The van der Waals surface area contributed by atoms with Crippen molar-refractivity contribution in [3.63, 3.8) is 0 Å². The molecule has 0 aliphatic rings. The number of ketones is 1. The van der Waals surface area contributed by atoms with Gasteiger partial charge in [0, 0.05) is 48.2 Å². The Bertz CT molecular complexity index is 877. The highest BCUT2D eigenvalue weighted by Gasteiger charge is 2.11. The van der Waals surface area contributed by atoms with E-state index in [1.54, 1.807) is 6.07 Å². The van der Waals surface area contributed by atoms with Crippen LogP contribution in [-0.2, 0) is 11.3 Å². The smallest absolute Gasteiger partial charge is 0.270 e. The number of aliphatic imine (C=N–C) groups is 1. The van der Waals surface area contributed by atoms with Crippen LogP contribution >= 0.6 is 0 Å². The first-order valence-corrected chi connectivity index (χ1v) is 8.05. The molecular weight excluding hydrogens is 354 g/mol. The average Bonchev–Trinajstić information content (AvgIpc) is 2.66. The molecule has 0 spiro atoms. The highest BCUT2D eigenvalue weighted by atomic mass is 16.6. The minimum atomic E-state index is -0.547. The number of non-ortho nitro benzene ring substituents is 2. The fourth-order valence-corrected chi connectivity index (χ4v) is 2.25. The van der Waals surface area contributed by atoms with E-state index in [9.17, 15) is 25.0 Å². The minimum absolute atomic E-state index is 0.0848. The minimum Gasteiger partial charge on any atom is -0.377 e. The zero-order chi connectivity index (χ0) is 19.8. The Kier molecular flexibility index (Phi) is 6.84. The number of benzene rings is 2. The number of hydrogen-bond donors (Lipinski definition) is 0. The van der Waals surface area contributed by atoms with Crippen molar-refractivity contribution in [2.75, 3.05) is 13.2 Å². The van der Waals surface area contributed by atoms with Crippen molar-refractivity contribution in [2.45, 2.75) is 13.5 Å². The van der Waals surface area contributed by atoms with Crippen molar-refractivity contribution in [2.24, 2.45) is 4.99 Å². The van der Waals surface area contributed by atoms with Crippen LogP contribution in [0.15, 0.2) is 47.5 Å². The van der Waals surface area contributed by atoms with E-state index < -0.39 is 9.85 Å². The molecule has 9 nitrogen and oxygen atoms in total. The molecule has 0 aromatic heterocycles. The molecular formula is C18H17N3O6. The Morgan fingerprint density at radius 1 is 1.07 bits per heavy atom. The van der Waals surface area contributed by atoms with Crippen molar-refractivity contribution in [3.8, 4) is 0 Å². The number of carbonyl (C=O) groups is 1. The summed E-state index contributed by atoms with van der Waals surface area (Å²) in [5.74, 6) is -0.321. The summed E-state index contributed by atoms with van der Waals surface area (Å²) in [6, 6.07) is 9.57. The first kappa shape index (κ1) is 19.9. The molecule has 0 bridgehead atoms. The first-order chi connectivity index (χ1) is 12.9. The molecule has 0 fully saturated rings. The summed E-state index contributed by atoms with van der Waals surface area (Å²) in [6.07, 6.45) is 1.39. The van der Waals surface area contributed by atoms with E-state index in [1.165, 1.54) is 42.6 Å². The number of nitro groups is 2. The number of Topliss-reactive ketones (excluding diaryl/α,β-unsaturated/α-hetero) is 1. The molecule has 0 atom stereocenters. The van der Waals surface area contributed by atoms with Gasteiger partial charge in [-0.15, -0.1) is 0 Å². The molecule has 0 saturated heterocycles. The lowest BCUT2D eigenvalue weighted by Gasteiger charge is -2.06. The quantitative estimate of drug-likeness (QED) is 0.288. The zero-order valence-electron chi connectivity index (χ0n) is 14.5. The number of nitrogens with zero attached hydrogens (tertiary/aromatic N) is 3. The van der Waals surface area contributed by atoms with Gasteiger partial charge < -0.3 is 4.74 Å². The van der Waals surface area contributed by atoms with E-state index in [4.69, 9.17) is 4.74 Å². The number of nitro benzene ring substituents is 2. The third kappa shape index (κ3) is 5.51. The molecule has 0 aliphatic carbocycles. The summed E-state index contributed by atoms with van der Waals surface area (Å²) in [5.41, 5.74) is 1.32. The predicted octanol–water partition coefficient (Wildman–Crippen LogP) is 3.34. The highest BCUT2D eigenvalue weighted by Crippen LogP contribution is 2.18. The van der Waals surface area contributed by atoms with Crippen molar-refractivity contribution < 1.29 is 19.4 Å². The molecule has 2 aromatic carbocycles. The molecule has 2 rings (SSSR count). The number of rotatable bonds is 9. The first-order valence-electron chi connectivity index (χ1n) is 8.05. The molecule has 0 saturated carbocycles. The summed E-state index contributed by atoms with van der Waals surface area (Å²) in [5, 5.41) is 21.6. The zero-order valence-corrected chi connectivity index (χ0v) is 14.5. The summed E-state index contributed by atoms with van der Waals surface area (Å²) in [4.78, 5) is 36.7. The maximum Gasteiger partial charge on any atom is 0.270 e. The molecule has 140 valence electrons. The van der Waals surface area contributed by atoms with E-state index in [0.29, 0.717) is 23.3 Å². The predicted molar refractivity (Wildman–Crippen MR) is 98.3 cm³/mol. The highest BCUT2D eigenvalue weighted by molar-refractivity contribution is 5.99. The average molecular weight is 371 g/mol. The number of hydrogen-bond acceptors (Lipinski definition) is 7. The van der Waals surface area contributed by atoms with Crippen LogP contribution in [0.3, 0.4) is 0 Å². The van der Waals surface area contributed by atoms with Gasteiger partial charge in [0.25, 0.3) is 11.4 Å². The van der Waals surface area contributed by atoms with E-state index in [-0.39, 0.29) is 30.3 Å². The molecule has 0 radical (unpaired) electrons. The van der Waals surface area contributed by atoms with Gasteiger partial charge in [0.2, 0.25) is 0 Å². The molecule has 9 heteroatoms. The van der Waals surface area contributed by atoms with Crippen LogP contribution in [0.25, 0.3) is 0 Å². The van der Waals surface area contributed by atoms with Gasteiger partial charge in [0.05, 0.1) is 16.5 Å². The second kappa shape index (κ2) is 9.30. The van der Waals surface area contributed by atoms with Gasteiger partial charge in [0.1, 0.15) is 6.54 Å². The largest absolute Gasteiger partial charge is 0.377 e. The van der Waals surface area contributed by atoms with Crippen molar-refractivity contribution in [3.05, 3.63) is 79.4 Å². The van der Waals surface area contributed by atoms with Crippen LogP contribution in [0, 0.1) is 20.2 Å². The Morgan fingerprint density at radius 2 is 1.70 bits per heavy atom. The third-order valence-corrected chi connectivity index (χ3v) is 3.67. The molecule has 0 heterocycles. The van der Waals surface area contributed by atoms with Crippen molar-refractivity contribution in [1.29, 1.82) is 0 Å². The van der Waals surface area contributed by atoms with Gasteiger partial charge in [-0.2, -0.15) is 0 Å². The summed E-state index contributed by atoms with van der Waals surface area (Å²) < 4.78 is 5.33.